The van der Waals surface area contributed by atoms with E-state index < -0.39 is 36.7 Å². The minimum absolute atomic E-state index is 0.125. The van der Waals surface area contributed by atoms with Crippen LogP contribution in [0.4, 0.5) is 17.6 Å². The molecule has 1 amide bonds. The molecule has 0 radical (unpaired) electrons. The van der Waals surface area contributed by atoms with Crippen molar-refractivity contribution in [2.75, 3.05) is 19.7 Å². The number of alkyl halides is 4. The van der Waals surface area contributed by atoms with E-state index in [1.807, 2.05) is 36.6 Å². The number of hydrogen-bond donors (Lipinski definition) is 0. The number of ether oxygens (including phenoxy) is 1. The number of amides is 1. The molecule has 41 heavy (non-hydrogen) atoms. The number of hydrogen-bond acceptors (Lipinski definition) is 7. The van der Waals surface area contributed by atoms with Crippen LogP contribution in [-0.4, -0.2) is 51.0 Å². The van der Waals surface area contributed by atoms with E-state index in [1.54, 1.807) is 4.90 Å². The van der Waals surface area contributed by atoms with Gasteiger partial charge in [0.2, 0.25) is 5.91 Å². The highest BCUT2D eigenvalue weighted by atomic mass is 32.1. The lowest BCUT2D eigenvalue weighted by molar-refractivity contribution is -0.133. The lowest BCUT2D eigenvalue weighted by Gasteiger charge is -2.31. The van der Waals surface area contributed by atoms with Crippen LogP contribution in [-0.2, 0) is 16.2 Å². The van der Waals surface area contributed by atoms with Gasteiger partial charge in [0, 0.05) is 36.4 Å². The van der Waals surface area contributed by atoms with Gasteiger partial charge in [0.05, 0.1) is 10.7 Å². The Morgan fingerprint density at radius 2 is 1.95 bits per heavy atom. The van der Waals surface area contributed by atoms with Crippen molar-refractivity contribution >= 4 is 23.0 Å². The summed E-state index contributed by atoms with van der Waals surface area (Å²) in [6, 6.07) is 8.33. The quantitative estimate of drug-likeness (QED) is 0.200. The van der Waals surface area contributed by atoms with Crippen LogP contribution in [0.25, 0.3) is 0 Å². The van der Waals surface area contributed by atoms with E-state index in [4.69, 9.17) is 14.6 Å². The molecule has 218 valence electrons. The van der Waals surface area contributed by atoms with E-state index in [9.17, 15) is 22.4 Å². The molecule has 1 unspecified atom stereocenters. The highest BCUT2D eigenvalue weighted by Gasteiger charge is 2.31. The van der Waals surface area contributed by atoms with Gasteiger partial charge in [-0.25, -0.2) is 22.5 Å². The normalized spacial score (nSPS) is 17.7. The average Bonchev–Trinajstić information content (AvgIpc) is 3.72. The topological polar surface area (TPSA) is 81.8 Å². The minimum atomic E-state index is -3.01. The number of benzene rings is 1. The molecule has 2 aliphatic heterocycles. The first kappa shape index (κ1) is 28.8. The Hall–Kier alpha value is -3.74. The van der Waals surface area contributed by atoms with Crippen LogP contribution in [0.5, 0.6) is 5.75 Å². The zero-order valence-corrected chi connectivity index (χ0v) is 23.1. The molecule has 0 aliphatic carbocycles. The van der Waals surface area contributed by atoms with Crippen molar-refractivity contribution < 1.29 is 31.9 Å². The maximum absolute atomic E-state index is 13.3. The van der Waals surface area contributed by atoms with Crippen LogP contribution in [0.1, 0.15) is 78.7 Å². The first-order chi connectivity index (χ1) is 19.7. The largest absolute Gasteiger partial charge is 0.489 e. The third-order valence-corrected chi connectivity index (χ3v) is 7.99. The number of thiazole rings is 1. The van der Waals surface area contributed by atoms with Gasteiger partial charge in [0.25, 0.3) is 12.9 Å². The number of oxime groups is 1. The number of likely N-dealkylation sites (tertiary alicyclic amines) is 1. The zero-order chi connectivity index (χ0) is 29.1. The molecule has 1 fully saturated rings. The molecular formula is C28H29F4N5O3S. The number of nitrogens with zero attached hydrogens (tertiary/aromatic N) is 5. The number of halogens is 4. The molecule has 3 aromatic rings. The Morgan fingerprint density at radius 3 is 2.66 bits per heavy atom. The van der Waals surface area contributed by atoms with Crippen LogP contribution in [0, 0.1) is 0 Å². The van der Waals surface area contributed by atoms with Gasteiger partial charge >= 0.3 is 0 Å². The molecule has 1 aromatic carbocycles. The van der Waals surface area contributed by atoms with E-state index >= 15 is 0 Å². The number of piperidine rings is 1. The van der Waals surface area contributed by atoms with Gasteiger partial charge in [-0.2, -0.15) is 5.10 Å². The highest BCUT2D eigenvalue weighted by Crippen LogP contribution is 2.37. The van der Waals surface area contributed by atoms with Gasteiger partial charge in [-0.15, -0.1) is 11.3 Å². The van der Waals surface area contributed by atoms with Gasteiger partial charge in [0.1, 0.15) is 36.0 Å². The fraction of sp³-hybridized carbons (Fsp3) is 0.429. The third-order valence-electron chi connectivity index (χ3n) is 6.99. The third kappa shape index (κ3) is 6.61. The van der Waals surface area contributed by atoms with E-state index in [-0.39, 0.29) is 12.0 Å². The molecule has 0 bridgehead atoms. The summed E-state index contributed by atoms with van der Waals surface area (Å²) in [5, 5.41) is 10.7. The molecule has 0 N–H and O–H groups in total. The molecule has 0 spiro atoms. The summed E-state index contributed by atoms with van der Waals surface area (Å²) in [4.78, 5) is 24.9. The molecule has 0 saturated carbocycles. The molecule has 5 rings (SSSR count). The Balaban J connectivity index is 1.16. The number of carbonyl (C=O) groups is 1. The SMILES string of the molecule is C=C(C)COc1ccccc1C1CC(c2csc(C3CCN(C(=O)Cn4nc(C(F)F)cc4C(F)F)CC3)n2)=NO1. The summed E-state index contributed by atoms with van der Waals surface area (Å²) >= 11 is 1.52. The van der Waals surface area contributed by atoms with Crippen molar-refractivity contribution in [2.45, 2.75) is 57.6 Å². The van der Waals surface area contributed by atoms with Crippen LogP contribution >= 0.6 is 11.3 Å². The van der Waals surface area contributed by atoms with Crippen molar-refractivity contribution in [1.82, 2.24) is 19.7 Å². The fourth-order valence-corrected chi connectivity index (χ4v) is 5.85. The van der Waals surface area contributed by atoms with Crippen molar-refractivity contribution in [1.29, 1.82) is 0 Å². The van der Waals surface area contributed by atoms with E-state index in [0.29, 0.717) is 49.7 Å². The van der Waals surface area contributed by atoms with Crippen molar-refractivity contribution in [2.24, 2.45) is 5.16 Å². The summed E-state index contributed by atoms with van der Waals surface area (Å²) in [5.74, 6) is 0.411. The summed E-state index contributed by atoms with van der Waals surface area (Å²) in [6.07, 6.45) is -4.47. The molecule has 8 nitrogen and oxygen atoms in total. The van der Waals surface area contributed by atoms with Gasteiger partial charge < -0.3 is 14.5 Å². The zero-order valence-electron chi connectivity index (χ0n) is 22.3. The second-order valence-corrected chi connectivity index (χ2v) is 11.0. The van der Waals surface area contributed by atoms with Gasteiger partial charge in [-0.3, -0.25) is 9.48 Å². The smallest absolute Gasteiger partial charge is 0.282 e. The monoisotopic (exact) mass is 591 g/mol. The highest BCUT2D eigenvalue weighted by molar-refractivity contribution is 7.10. The Morgan fingerprint density at radius 1 is 1.20 bits per heavy atom. The van der Waals surface area contributed by atoms with Crippen LogP contribution in [0.2, 0.25) is 0 Å². The number of aromatic nitrogens is 3. The summed E-state index contributed by atoms with van der Waals surface area (Å²) in [7, 11) is 0. The predicted octanol–water partition coefficient (Wildman–Crippen LogP) is 6.44. The van der Waals surface area contributed by atoms with Crippen molar-refractivity contribution in [3.63, 3.8) is 0 Å². The predicted molar refractivity (Wildman–Crippen MR) is 145 cm³/mol. The van der Waals surface area contributed by atoms with Crippen LogP contribution in [0.15, 0.2) is 53.0 Å². The maximum atomic E-state index is 13.3. The Labute approximate surface area is 238 Å². The average molecular weight is 592 g/mol. The van der Waals surface area contributed by atoms with Crippen LogP contribution in [0.3, 0.4) is 0 Å². The second kappa shape index (κ2) is 12.4. The van der Waals surface area contributed by atoms with Gasteiger partial charge in [-0.1, -0.05) is 29.9 Å². The number of rotatable bonds is 10. The molecule has 1 saturated heterocycles. The molecule has 1 atom stereocenters. The van der Waals surface area contributed by atoms with E-state index in [2.05, 4.69) is 16.8 Å². The number of carbonyl (C=O) groups excluding carboxylic acids is 1. The van der Waals surface area contributed by atoms with Crippen molar-refractivity contribution in [3.8, 4) is 5.75 Å². The lowest BCUT2D eigenvalue weighted by atomic mass is 9.97. The Kier molecular flexibility index (Phi) is 8.71. The first-order valence-corrected chi connectivity index (χ1v) is 14.0. The van der Waals surface area contributed by atoms with Gasteiger partial charge in [-0.05, 0) is 37.5 Å². The molecule has 2 aromatic heterocycles. The van der Waals surface area contributed by atoms with Crippen LogP contribution < -0.4 is 4.74 Å². The van der Waals surface area contributed by atoms with E-state index in [0.717, 1.165) is 33.3 Å². The molecule has 2 aliphatic rings. The maximum Gasteiger partial charge on any atom is 0.282 e. The fourth-order valence-electron chi connectivity index (χ4n) is 4.85. The summed E-state index contributed by atoms with van der Waals surface area (Å²) in [5.41, 5.74) is 1.85. The molecular weight excluding hydrogens is 562 g/mol. The summed E-state index contributed by atoms with van der Waals surface area (Å²) in [6.45, 7) is 6.48. The number of para-hydroxylation sites is 1. The molecule has 13 heteroatoms. The molecule has 4 heterocycles. The Bertz CT molecular complexity index is 1430. The second-order valence-electron chi connectivity index (χ2n) is 10.1. The lowest BCUT2D eigenvalue weighted by Crippen LogP contribution is -2.40. The summed E-state index contributed by atoms with van der Waals surface area (Å²) < 4.78 is 59.0. The minimum Gasteiger partial charge on any atom is -0.489 e. The van der Waals surface area contributed by atoms with Crippen molar-refractivity contribution in [3.05, 3.63) is 75.5 Å². The first-order valence-electron chi connectivity index (χ1n) is 13.2. The standard InChI is InChI=1S/C28H29F4N5O3S/c1-16(2)14-39-23-6-4-3-5-18(23)24-12-19(35-40-24)21-15-41-28(33-21)17-7-9-36(10-8-17)25(38)13-37-22(27(31)32)11-20(34-37)26(29)30/h3-6,11,15,17,24,26-27H,1,7-10,12-14H2,2H3. The van der Waals surface area contributed by atoms with E-state index in [1.165, 1.54) is 11.3 Å². The van der Waals surface area contributed by atoms with Gasteiger partial charge in [0.15, 0.2) is 6.10 Å².